The topological polar surface area (TPSA) is 55.4 Å². The van der Waals surface area contributed by atoms with E-state index >= 15 is 0 Å². The lowest BCUT2D eigenvalue weighted by molar-refractivity contribution is 0.415. The molecule has 0 aromatic heterocycles. The molecule has 0 bridgehead atoms. The van der Waals surface area contributed by atoms with Crippen LogP contribution < -0.4 is 10.1 Å². The third kappa shape index (κ3) is 2.74. The van der Waals surface area contributed by atoms with Crippen molar-refractivity contribution < 1.29 is 13.2 Å². The molecule has 1 N–H and O–H groups in total. The van der Waals surface area contributed by atoms with Crippen molar-refractivity contribution in [3.05, 3.63) is 54.1 Å². The zero-order valence-corrected chi connectivity index (χ0v) is 12.6. The maximum atomic E-state index is 12.1. The maximum absolute atomic E-state index is 12.1. The number of hydrogen-bond acceptors (Lipinski definition) is 4. The van der Waals surface area contributed by atoms with Crippen molar-refractivity contribution in [3.8, 4) is 5.75 Å². The number of hydrogen-bond donors (Lipinski definition) is 1. The van der Waals surface area contributed by atoms with Crippen LogP contribution in [0.1, 0.15) is 18.0 Å². The Kier molecular flexibility index (Phi) is 3.59. The monoisotopic (exact) mass is 303 g/mol. The molecular weight excluding hydrogens is 286 g/mol. The number of benzene rings is 2. The van der Waals surface area contributed by atoms with Gasteiger partial charge in [-0.25, -0.2) is 8.42 Å². The highest BCUT2D eigenvalue weighted by Crippen LogP contribution is 2.34. The number of nitrogens with one attached hydrogen (secondary N) is 1. The fourth-order valence-electron chi connectivity index (χ4n) is 2.63. The van der Waals surface area contributed by atoms with Gasteiger partial charge in [0.1, 0.15) is 5.75 Å². The molecule has 1 unspecified atom stereocenters. The van der Waals surface area contributed by atoms with Crippen LogP contribution in [0.2, 0.25) is 0 Å². The molecule has 0 spiro atoms. The lowest BCUT2D eigenvalue weighted by Gasteiger charge is -2.27. The van der Waals surface area contributed by atoms with Gasteiger partial charge in [-0.05, 0) is 42.3 Å². The molecule has 1 heterocycles. The largest absolute Gasteiger partial charge is 0.497 e. The standard InChI is InChI=1S/C16H17NO3S/c1-20-13-8-6-12(7-9-13)17-15-10-11-21(18,19)16-5-3-2-4-14(15)16/h2-9,15,17H,10-11H2,1H3. The maximum Gasteiger partial charge on any atom is 0.178 e. The number of fused-ring (bicyclic) bond motifs is 1. The summed E-state index contributed by atoms with van der Waals surface area (Å²) in [5, 5.41) is 3.41. The third-order valence-corrected chi connectivity index (χ3v) is 5.55. The van der Waals surface area contributed by atoms with Gasteiger partial charge in [-0.1, -0.05) is 18.2 Å². The van der Waals surface area contributed by atoms with Gasteiger partial charge in [0.25, 0.3) is 0 Å². The third-order valence-electron chi connectivity index (χ3n) is 3.74. The Morgan fingerprint density at radius 2 is 1.81 bits per heavy atom. The molecule has 0 radical (unpaired) electrons. The van der Waals surface area contributed by atoms with Gasteiger partial charge < -0.3 is 10.1 Å². The van der Waals surface area contributed by atoms with Gasteiger partial charge in [-0.2, -0.15) is 0 Å². The Morgan fingerprint density at radius 3 is 2.52 bits per heavy atom. The van der Waals surface area contributed by atoms with E-state index in [2.05, 4.69) is 5.32 Å². The second kappa shape index (κ2) is 5.41. The summed E-state index contributed by atoms with van der Waals surface area (Å²) in [7, 11) is -1.51. The van der Waals surface area contributed by atoms with Crippen LogP contribution in [0.5, 0.6) is 5.75 Å². The summed E-state index contributed by atoms with van der Waals surface area (Å²) in [4.78, 5) is 0.447. The molecule has 110 valence electrons. The number of sulfone groups is 1. The fourth-order valence-corrected chi connectivity index (χ4v) is 4.25. The molecule has 0 saturated heterocycles. The Bertz CT molecular complexity index is 738. The smallest absolute Gasteiger partial charge is 0.178 e. The molecular formula is C16H17NO3S. The second-order valence-corrected chi connectivity index (χ2v) is 7.15. The van der Waals surface area contributed by atoms with Gasteiger partial charge in [-0.3, -0.25) is 0 Å². The van der Waals surface area contributed by atoms with Crippen LogP contribution in [0.3, 0.4) is 0 Å². The predicted octanol–water partition coefficient (Wildman–Crippen LogP) is 3.03. The van der Waals surface area contributed by atoms with Crippen LogP contribution in [0.25, 0.3) is 0 Å². The predicted molar refractivity (Wildman–Crippen MR) is 82.5 cm³/mol. The summed E-state index contributed by atoms with van der Waals surface area (Å²) in [6.45, 7) is 0. The van der Waals surface area contributed by atoms with E-state index in [1.54, 1.807) is 19.2 Å². The van der Waals surface area contributed by atoms with Crippen LogP contribution in [-0.4, -0.2) is 21.3 Å². The average molecular weight is 303 g/mol. The second-order valence-electron chi connectivity index (χ2n) is 5.07. The molecule has 0 saturated carbocycles. The van der Waals surface area contributed by atoms with Crippen molar-refractivity contribution in [2.75, 3.05) is 18.2 Å². The zero-order chi connectivity index (χ0) is 14.9. The highest BCUT2D eigenvalue weighted by atomic mass is 32.2. The zero-order valence-electron chi connectivity index (χ0n) is 11.7. The highest BCUT2D eigenvalue weighted by Gasteiger charge is 2.29. The quantitative estimate of drug-likeness (QED) is 0.947. The van der Waals surface area contributed by atoms with Gasteiger partial charge in [0.15, 0.2) is 9.84 Å². The number of anilines is 1. The molecule has 21 heavy (non-hydrogen) atoms. The minimum atomic E-state index is -3.14. The average Bonchev–Trinajstić information content (AvgIpc) is 2.51. The number of rotatable bonds is 3. The molecule has 2 aromatic rings. The van der Waals surface area contributed by atoms with E-state index in [1.807, 2.05) is 36.4 Å². The molecule has 0 aliphatic carbocycles. The Morgan fingerprint density at radius 1 is 1.10 bits per heavy atom. The molecule has 4 nitrogen and oxygen atoms in total. The first-order valence-electron chi connectivity index (χ1n) is 6.82. The summed E-state index contributed by atoms with van der Waals surface area (Å²) < 4.78 is 29.4. The normalized spacial score (nSPS) is 19.6. The van der Waals surface area contributed by atoms with Crippen LogP contribution in [-0.2, 0) is 9.84 Å². The van der Waals surface area contributed by atoms with Crippen LogP contribution in [0.4, 0.5) is 5.69 Å². The Balaban J connectivity index is 1.90. The number of ether oxygens (including phenoxy) is 1. The van der Waals surface area contributed by atoms with Gasteiger partial charge in [0, 0.05) is 5.69 Å². The van der Waals surface area contributed by atoms with Gasteiger partial charge in [-0.15, -0.1) is 0 Å². The molecule has 2 aromatic carbocycles. The molecule has 0 amide bonds. The summed E-state index contributed by atoms with van der Waals surface area (Å²) in [6.07, 6.45) is 0.575. The SMILES string of the molecule is COc1ccc(NC2CCS(=O)(=O)c3ccccc32)cc1. The van der Waals surface area contributed by atoms with Crippen molar-refractivity contribution in [3.63, 3.8) is 0 Å². The molecule has 5 heteroatoms. The summed E-state index contributed by atoms with van der Waals surface area (Å²) in [6, 6.07) is 14.9. The molecule has 1 atom stereocenters. The van der Waals surface area contributed by atoms with E-state index in [0.717, 1.165) is 17.0 Å². The Labute approximate surface area is 124 Å². The van der Waals surface area contributed by atoms with Gasteiger partial charge in [0.2, 0.25) is 0 Å². The van der Waals surface area contributed by atoms with E-state index in [9.17, 15) is 8.42 Å². The molecule has 3 rings (SSSR count). The van der Waals surface area contributed by atoms with E-state index in [1.165, 1.54) is 0 Å². The van der Waals surface area contributed by atoms with Gasteiger partial charge >= 0.3 is 0 Å². The van der Waals surface area contributed by atoms with Crippen LogP contribution in [0, 0.1) is 0 Å². The molecule has 0 fully saturated rings. The van der Waals surface area contributed by atoms with E-state index in [-0.39, 0.29) is 11.8 Å². The summed E-state index contributed by atoms with van der Waals surface area (Å²) in [5.41, 5.74) is 1.80. The lowest BCUT2D eigenvalue weighted by atomic mass is 10.0. The number of methoxy groups -OCH3 is 1. The van der Waals surface area contributed by atoms with E-state index < -0.39 is 9.84 Å². The van der Waals surface area contributed by atoms with Gasteiger partial charge in [0.05, 0.1) is 23.8 Å². The Hall–Kier alpha value is -2.01. The van der Waals surface area contributed by atoms with Crippen LogP contribution in [0.15, 0.2) is 53.4 Å². The van der Waals surface area contributed by atoms with Crippen molar-refractivity contribution in [2.24, 2.45) is 0 Å². The minimum Gasteiger partial charge on any atom is -0.497 e. The minimum absolute atomic E-state index is 0.0121. The molecule has 1 aliphatic heterocycles. The first kappa shape index (κ1) is 13.9. The van der Waals surface area contributed by atoms with E-state index in [4.69, 9.17) is 4.74 Å². The van der Waals surface area contributed by atoms with Crippen molar-refractivity contribution in [1.82, 2.24) is 0 Å². The lowest BCUT2D eigenvalue weighted by Crippen LogP contribution is -2.24. The first-order chi connectivity index (χ1) is 10.1. The van der Waals surface area contributed by atoms with Crippen molar-refractivity contribution in [1.29, 1.82) is 0 Å². The van der Waals surface area contributed by atoms with Crippen molar-refractivity contribution >= 4 is 15.5 Å². The first-order valence-corrected chi connectivity index (χ1v) is 8.48. The molecule has 1 aliphatic rings. The van der Waals surface area contributed by atoms with Crippen LogP contribution >= 0.6 is 0 Å². The van der Waals surface area contributed by atoms with Crippen molar-refractivity contribution in [2.45, 2.75) is 17.4 Å². The highest BCUT2D eigenvalue weighted by molar-refractivity contribution is 7.91. The van der Waals surface area contributed by atoms with E-state index in [0.29, 0.717) is 11.3 Å². The summed E-state index contributed by atoms with van der Waals surface area (Å²) in [5.74, 6) is 0.977. The summed E-state index contributed by atoms with van der Waals surface area (Å²) >= 11 is 0. The fraction of sp³-hybridized carbons (Fsp3) is 0.250.